The summed E-state index contributed by atoms with van der Waals surface area (Å²) in [4.78, 5) is 37.9. The summed E-state index contributed by atoms with van der Waals surface area (Å²) in [6.07, 6.45) is 4.53. The van der Waals surface area contributed by atoms with Crippen molar-refractivity contribution in [1.82, 2.24) is 4.98 Å². The summed E-state index contributed by atoms with van der Waals surface area (Å²) in [6.45, 7) is 2.37. The first kappa shape index (κ1) is 17.0. The van der Waals surface area contributed by atoms with E-state index in [0.717, 1.165) is 18.2 Å². The summed E-state index contributed by atoms with van der Waals surface area (Å²) in [5.74, 6) is -0.478. The van der Waals surface area contributed by atoms with Crippen LogP contribution in [0.1, 0.15) is 25.3 Å². The monoisotopic (exact) mass is 356 g/mol. The normalized spacial score (nSPS) is 11.4. The van der Waals surface area contributed by atoms with Gasteiger partial charge in [0.2, 0.25) is 0 Å². The zero-order chi connectivity index (χ0) is 17.8. The molecule has 6 nitrogen and oxygen atoms in total. The van der Waals surface area contributed by atoms with Gasteiger partial charge in [-0.05, 0) is 41.3 Å². The highest BCUT2D eigenvalue weighted by atomic mass is 32.1. The molecule has 0 aliphatic rings. The lowest BCUT2D eigenvalue weighted by molar-refractivity contribution is -0.137. The molecular formula is C18H16N2O4S. The first-order valence-corrected chi connectivity index (χ1v) is 8.78. The molecule has 1 N–H and O–H groups in total. The van der Waals surface area contributed by atoms with Gasteiger partial charge in [-0.3, -0.25) is 4.79 Å². The number of aromatic nitrogens is 1. The van der Waals surface area contributed by atoms with Crippen LogP contribution in [0, 0.1) is 4.91 Å². The molecule has 0 spiro atoms. The van der Waals surface area contributed by atoms with Gasteiger partial charge in [0.05, 0.1) is 6.61 Å². The summed E-state index contributed by atoms with van der Waals surface area (Å²) < 4.78 is 5.66. The van der Waals surface area contributed by atoms with Gasteiger partial charge in [0.25, 0.3) is 5.56 Å². The predicted molar refractivity (Wildman–Crippen MR) is 100 cm³/mol. The molecule has 7 heteroatoms. The Labute approximate surface area is 147 Å². The minimum absolute atomic E-state index is 0.182. The van der Waals surface area contributed by atoms with Gasteiger partial charge in [0.1, 0.15) is 10.4 Å². The number of hydrogen-bond donors (Lipinski definition) is 1. The van der Waals surface area contributed by atoms with Crippen LogP contribution in [0.15, 0.2) is 39.6 Å². The van der Waals surface area contributed by atoms with E-state index >= 15 is 0 Å². The number of rotatable bonds is 6. The van der Waals surface area contributed by atoms with Crippen molar-refractivity contribution in [3.8, 4) is 0 Å². The van der Waals surface area contributed by atoms with Crippen LogP contribution >= 0.6 is 11.3 Å². The molecule has 0 aliphatic heterocycles. The van der Waals surface area contributed by atoms with Gasteiger partial charge in [-0.1, -0.05) is 13.3 Å². The fourth-order valence-corrected chi connectivity index (χ4v) is 3.42. The second kappa shape index (κ2) is 7.40. The third-order valence-corrected chi connectivity index (χ3v) is 4.75. The lowest BCUT2D eigenvalue weighted by Crippen LogP contribution is -2.05. The smallest absolute Gasteiger partial charge is 0.330 e. The van der Waals surface area contributed by atoms with E-state index in [2.05, 4.69) is 10.2 Å². The molecule has 3 aromatic rings. The average molecular weight is 356 g/mol. The van der Waals surface area contributed by atoms with E-state index in [1.54, 1.807) is 6.07 Å². The van der Waals surface area contributed by atoms with Crippen molar-refractivity contribution in [3.05, 3.63) is 50.5 Å². The van der Waals surface area contributed by atoms with Crippen molar-refractivity contribution < 1.29 is 9.53 Å². The summed E-state index contributed by atoms with van der Waals surface area (Å²) in [6, 6.07) is 4.98. The lowest BCUT2D eigenvalue weighted by atomic mass is 10.0. The maximum atomic E-state index is 12.1. The molecule has 3 rings (SSSR count). The van der Waals surface area contributed by atoms with Gasteiger partial charge in [0.15, 0.2) is 0 Å². The number of unbranched alkanes of at least 4 members (excludes halogenated alkanes) is 1. The molecule has 0 atom stereocenters. The maximum absolute atomic E-state index is 12.1. The highest BCUT2D eigenvalue weighted by molar-refractivity contribution is 7.17. The second-order valence-electron chi connectivity index (χ2n) is 5.48. The van der Waals surface area contributed by atoms with Gasteiger partial charge in [0, 0.05) is 27.9 Å². The molecule has 0 amide bonds. The number of hydrogen-bond acceptors (Lipinski definition) is 6. The van der Waals surface area contributed by atoms with Crippen LogP contribution < -0.4 is 5.56 Å². The van der Waals surface area contributed by atoms with Crippen LogP contribution in [-0.2, 0) is 9.53 Å². The Morgan fingerprint density at radius 2 is 2.20 bits per heavy atom. The van der Waals surface area contributed by atoms with E-state index in [9.17, 15) is 14.5 Å². The third-order valence-electron chi connectivity index (χ3n) is 3.84. The third kappa shape index (κ3) is 3.36. The van der Waals surface area contributed by atoms with E-state index in [4.69, 9.17) is 4.74 Å². The Bertz CT molecular complexity index is 1030. The van der Waals surface area contributed by atoms with E-state index < -0.39 is 5.97 Å². The van der Waals surface area contributed by atoms with Crippen LogP contribution in [0.4, 0.5) is 5.69 Å². The minimum Gasteiger partial charge on any atom is -0.463 e. The van der Waals surface area contributed by atoms with Gasteiger partial charge in [-0.2, -0.15) is 0 Å². The van der Waals surface area contributed by atoms with Crippen molar-refractivity contribution in [2.24, 2.45) is 5.18 Å². The first-order chi connectivity index (χ1) is 12.2. The molecule has 0 saturated carbocycles. The molecule has 2 heterocycles. The largest absolute Gasteiger partial charge is 0.463 e. The van der Waals surface area contributed by atoms with Gasteiger partial charge in [-0.15, -0.1) is 16.2 Å². The zero-order valence-electron chi connectivity index (χ0n) is 13.6. The number of nitroso groups, excluding NO2 is 1. The Hall–Kier alpha value is -2.80. The molecular weight excluding hydrogens is 340 g/mol. The molecule has 2 aromatic heterocycles. The Morgan fingerprint density at radius 3 is 2.96 bits per heavy atom. The Balaban J connectivity index is 2.12. The summed E-state index contributed by atoms with van der Waals surface area (Å²) >= 11 is 1.32. The van der Waals surface area contributed by atoms with Crippen molar-refractivity contribution in [1.29, 1.82) is 0 Å². The molecule has 1 aromatic carbocycles. The van der Waals surface area contributed by atoms with Gasteiger partial charge in [-0.25, -0.2) is 4.79 Å². The van der Waals surface area contributed by atoms with Crippen LogP contribution in [0.5, 0.6) is 0 Å². The minimum atomic E-state index is -0.478. The molecule has 0 fully saturated rings. The van der Waals surface area contributed by atoms with E-state index in [-0.39, 0.29) is 11.2 Å². The SMILES string of the molecule is CCCCOC(=O)/C=C/c1c(N=O)ccc2[nH]c(=O)c3sccc3c12. The van der Waals surface area contributed by atoms with Crippen LogP contribution in [0.25, 0.3) is 27.1 Å². The van der Waals surface area contributed by atoms with Gasteiger partial charge >= 0.3 is 5.97 Å². The van der Waals surface area contributed by atoms with Crippen molar-refractivity contribution >= 4 is 50.1 Å². The molecule has 25 heavy (non-hydrogen) atoms. The number of benzene rings is 1. The number of fused-ring (bicyclic) bond motifs is 3. The zero-order valence-corrected chi connectivity index (χ0v) is 14.4. The number of ether oxygens (including phenoxy) is 1. The topological polar surface area (TPSA) is 88.6 Å². The maximum Gasteiger partial charge on any atom is 0.330 e. The number of thiophene rings is 1. The number of H-pyrrole nitrogens is 1. The molecule has 0 bridgehead atoms. The fourth-order valence-electron chi connectivity index (χ4n) is 2.63. The van der Waals surface area contributed by atoms with E-state index in [1.807, 2.05) is 18.4 Å². The lowest BCUT2D eigenvalue weighted by Gasteiger charge is -2.06. The summed E-state index contributed by atoms with van der Waals surface area (Å²) in [5.41, 5.74) is 1.09. The number of aromatic amines is 1. The van der Waals surface area contributed by atoms with Gasteiger partial charge < -0.3 is 9.72 Å². The van der Waals surface area contributed by atoms with Crippen molar-refractivity contribution in [2.75, 3.05) is 6.61 Å². The standard InChI is InChI=1S/C18H16N2O4S/c1-2-3-9-24-15(21)7-4-11-13(20-23)5-6-14-16(11)12-8-10-25-17(12)18(22)19-14/h4-8,10H,2-3,9H2,1H3,(H,19,22)/b7-4+. The van der Waals surface area contributed by atoms with Crippen molar-refractivity contribution in [2.45, 2.75) is 19.8 Å². The number of nitrogens with zero attached hydrogens (tertiary/aromatic N) is 1. The quantitative estimate of drug-likeness (QED) is 0.305. The number of carbonyl (C=O) groups excluding carboxylic acids is 1. The number of nitrogens with one attached hydrogen (secondary N) is 1. The van der Waals surface area contributed by atoms with Crippen molar-refractivity contribution in [3.63, 3.8) is 0 Å². The summed E-state index contributed by atoms with van der Waals surface area (Å²) in [5, 5.41) is 6.27. The molecule has 0 unspecified atom stereocenters. The highest BCUT2D eigenvalue weighted by Crippen LogP contribution is 2.34. The molecule has 0 saturated heterocycles. The number of pyridine rings is 1. The average Bonchev–Trinajstić information content (AvgIpc) is 3.10. The second-order valence-corrected chi connectivity index (χ2v) is 6.40. The Morgan fingerprint density at radius 1 is 1.36 bits per heavy atom. The number of esters is 1. The number of carbonyl (C=O) groups is 1. The Kier molecular flexibility index (Phi) is 5.04. The van der Waals surface area contributed by atoms with Crippen LogP contribution in [0.2, 0.25) is 0 Å². The summed E-state index contributed by atoms with van der Waals surface area (Å²) in [7, 11) is 0. The molecule has 128 valence electrons. The predicted octanol–water partition coefficient (Wildman–Crippen LogP) is 4.50. The fraction of sp³-hybridized carbons (Fsp3) is 0.222. The molecule has 0 radical (unpaired) electrons. The van der Waals surface area contributed by atoms with Crippen LogP contribution in [0.3, 0.4) is 0 Å². The first-order valence-electron chi connectivity index (χ1n) is 7.90. The van der Waals surface area contributed by atoms with Crippen LogP contribution in [-0.4, -0.2) is 17.6 Å². The van der Waals surface area contributed by atoms with E-state index in [1.165, 1.54) is 29.6 Å². The highest BCUT2D eigenvalue weighted by Gasteiger charge is 2.13. The molecule has 0 aliphatic carbocycles. The van der Waals surface area contributed by atoms with E-state index in [0.29, 0.717) is 27.8 Å².